The Hall–Kier alpha value is -2.33. The van der Waals surface area contributed by atoms with Crippen LogP contribution in [0.15, 0.2) is 54.6 Å². The molecule has 0 aliphatic carbocycles. The third-order valence-corrected chi connectivity index (χ3v) is 3.93. The van der Waals surface area contributed by atoms with E-state index < -0.39 is 5.41 Å². The van der Waals surface area contributed by atoms with Crippen LogP contribution in [-0.4, -0.2) is 11.1 Å². The van der Waals surface area contributed by atoms with Crippen LogP contribution in [0.3, 0.4) is 0 Å². The van der Waals surface area contributed by atoms with Crippen LogP contribution >= 0.6 is 0 Å². The molecular weight excluding hydrogens is 290 g/mol. The Morgan fingerprint density at radius 1 is 1.04 bits per heavy atom. The Balaban J connectivity index is 1.86. The van der Waals surface area contributed by atoms with Crippen molar-refractivity contribution in [1.29, 1.82) is 0 Å². The molecule has 0 aliphatic heterocycles. The molecule has 0 spiro atoms. The average molecular weight is 313 g/mol. The summed E-state index contributed by atoms with van der Waals surface area (Å²) in [5.41, 5.74) is 3.40. The van der Waals surface area contributed by atoms with E-state index in [2.05, 4.69) is 12.1 Å². The summed E-state index contributed by atoms with van der Waals surface area (Å²) in [6.45, 7) is 4.17. The summed E-state index contributed by atoms with van der Waals surface area (Å²) in [7, 11) is 0. The number of aryl methyl sites for hydroxylation is 1. The molecule has 122 valence electrons. The van der Waals surface area contributed by atoms with Gasteiger partial charge in [0, 0.05) is 5.41 Å². The number of hydrogen-bond acceptors (Lipinski definition) is 3. The smallest absolute Gasteiger partial charge is 0.248 e. The van der Waals surface area contributed by atoms with Crippen molar-refractivity contribution in [3.63, 3.8) is 0 Å². The molecule has 0 fully saturated rings. The predicted octanol–water partition coefficient (Wildman–Crippen LogP) is 3.73. The Bertz CT molecular complexity index is 621. The first-order valence-corrected chi connectivity index (χ1v) is 7.71. The fourth-order valence-electron chi connectivity index (χ4n) is 2.21. The van der Waals surface area contributed by atoms with Crippen molar-refractivity contribution >= 4 is 5.91 Å². The molecule has 0 aromatic heterocycles. The maximum Gasteiger partial charge on any atom is 0.248 e. The number of carbonyl (C=O) groups excluding carboxylic acids is 1. The molecule has 0 saturated carbocycles. The fourth-order valence-corrected chi connectivity index (χ4v) is 2.21. The molecule has 0 unspecified atom stereocenters. The van der Waals surface area contributed by atoms with E-state index in [4.69, 9.17) is 9.94 Å². The lowest BCUT2D eigenvalue weighted by Gasteiger charge is -2.21. The lowest BCUT2D eigenvalue weighted by atomic mass is 9.85. The lowest BCUT2D eigenvalue weighted by Crippen LogP contribution is -2.35. The quantitative estimate of drug-likeness (QED) is 0.605. The number of hydrogen-bond donors (Lipinski definition) is 2. The molecule has 4 heteroatoms. The molecule has 0 radical (unpaired) electrons. The molecule has 0 atom stereocenters. The zero-order valence-electron chi connectivity index (χ0n) is 13.6. The minimum absolute atomic E-state index is 0.356. The maximum atomic E-state index is 11.6. The second kappa shape index (κ2) is 7.79. The van der Waals surface area contributed by atoms with E-state index in [1.807, 2.05) is 56.3 Å². The van der Waals surface area contributed by atoms with Crippen LogP contribution < -0.4 is 10.2 Å². The highest BCUT2D eigenvalue weighted by Gasteiger charge is 2.26. The van der Waals surface area contributed by atoms with Gasteiger partial charge in [0.25, 0.3) is 0 Å². The summed E-state index contributed by atoms with van der Waals surface area (Å²) in [6, 6.07) is 17.9. The molecule has 23 heavy (non-hydrogen) atoms. The van der Waals surface area contributed by atoms with E-state index in [1.54, 1.807) is 5.48 Å². The van der Waals surface area contributed by atoms with Gasteiger partial charge in [-0.2, -0.15) is 0 Å². The normalized spacial score (nSPS) is 11.1. The Labute approximate surface area is 137 Å². The standard InChI is InChI=1S/C19H23NO3/c1-19(2,18(21)20-22)13-12-15-8-10-16(11-9-15)14-23-17-6-4-3-5-7-17/h3-11,22H,12-14H2,1-2H3,(H,20,21). The number of ether oxygens (including phenoxy) is 1. The topological polar surface area (TPSA) is 58.6 Å². The average Bonchev–Trinajstić information content (AvgIpc) is 2.59. The van der Waals surface area contributed by atoms with Crippen LogP contribution in [-0.2, 0) is 17.8 Å². The van der Waals surface area contributed by atoms with Gasteiger partial charge < -0.3 is 4.74 Å². The number of benzene rings is 2. The molecule has 0 saturated heterocycles. The molecule has 0 aliphatic rings. The number of carbonyl (C=O) groups is 1. The van der Waals surface area contributed by atoms with Crippen molar-refractivity contribution < 1.29 is 14.7 Å². The number of amides is 1. The molecule has 0 bridgehead atoms. The Morgan fingerprint density at radius 2 is 1.65 bits per heavy atom. The summed E-state index contributed by atoms with van der Waals surface area (Å²) in [5, 5.41) is 8.74. The van der Waals surface area contributed by atoms with Gasteiger partial charge in [-0.3, -0.25) is 10.0 Å². The van der Waals surface area contributed by atoms with Crippen molar-refractivity contribution in [1.82, 2.24) is 5.48 Å². The zero-order chi connectivity index (χ0) is 16.7. The van der Waals surface area contributed by atoms with Gasteiger partial charge in [-0.05, 0) is 36.1 Å². The second-order valence-corrected chi connectivity index (χ2v) is 6.24. The third-order valence-electron chi connectivity index (χ3n) is 3.93. The van der Waals surface area contributed by atoms with E-state index >= 15 is 0 Å². The van der Waals surface area contributed by atoms with E-state index in [1.165, 1.54) is 0 Å². The largest absolute Gasteiger partial charge is 0.489 e. The zero-order valence-corrected chi connectivity index (χ0v) is 13.6. The lowest BCUT2D eigenvalue weighted by molar-refractivity contribution is -0.138. The van der Waals surface area contributed by atoms with Crippen LogP contribution in [0.5, 0.6) is 5.75 Å². The van der Waals surface area contributed by atoms with E-state index in [9.17, 15) is 4.79 Å². The maximum absolute atomic E-state index is 11.6. The number of para-hydroxylation sites is 1. The molecule has 4 nitrogen and oxygen atoms in total. The molecule has 0 heterocycles. The van der Waals surface area contributed by atoms with Gasteiger partial charge in [0.05, 0.1) is 0 Å². The van der Waals surface area contributed by atoms with E-state index in [0.717, 1.165) is 23.3 Å². The monoisotopic (exact) mass is 313 g/mol. The number of rotatable bonds is 7. The van der Waals surface area contributed by atoms with Crippen molar-refractivity contribution in [2.45, 2.75) is 33.3 Å². The summed E-state index contributed by atoms with van der Waals surface area (Å²) >= 11 is 0. The van der Waals surface area contributed by atoms with Gasteiger partial charge in [-0.15, -0.1) is 0 Å². The van der Waals surface area contributed by atoms with Gasteiger partial charge in [0.15, 0.2) is 0 Å². The first-order valence-electron chi connectivity index (χ1n) is 7.71. The van der Waals surface area contributed by atoms with Crippen LogP contribution in [0.2, 0.25) is 0 Å². The van der Waals surface area contributed by atoms with E-state index in [0.29, 0.717) is 13.0 Å². The highest BCUT2D eigenvalue weighted by atomic mass is 16.5. The van der Waals surface area contributed by atoms with Crippen molar-refractivity contribution in [3.05, 3.63) is 65.7 Å². The van der Waals surface area contributed by atoms with Gasteiger partial charge in [-0.25, -0.2) is 5.48 Å². The van der Waals surface area contributed by atoms with Crippen LogP contribution in [0.25, 0.3) is 0 Å². The van der Waals surface area contributed by atoms with Crippen molar-refractivity contribution in [2.24, 2.45) is 5.41 Å². The van der Waals surface area contributed by atoms with Crippen molar-refractivity contribution in [2.75, 3.05) is 0 Å². The number of hydroxylamine groups is 1. The molecule has 2 N–H and O–H groups in total. The van der Waals surface area contributed by atoms with Gasteiger partial charge in [0.1, 0.15) is 12.4 Å². The first-order chi connectivity index (χ1) is 11.0. The SMILES string of the molecule is CC(C)(CCc1ccc(COc2ccccc2)cc1)C(=O)NO. The fraction of sp³-hybridized carbons (Fsp3) is 0.316. The summed E-state index contributed by atoms with van der Waals surface area (Å²) in [6.07, 6.45) is 1.44. The summed E-state index contributed by atoms with van der Waals surface area (Å²) < 4.78 is 5.71. The van der Waals surface area contributed by atoms with Gasteiger partial charge in [-0.1, -0.05) is 56.3 Å². The first kappa shape index (κ1) is 17.0. The second-order valence-electron chi connectivity index (χ2n) is 6.24. The third kappa shape index (κ3) is 5.11. The predicted molar refractivity (Wildman–Crippen MR) is 89.2 cm³/mol. The molecule has 2 aromatic carbocycles. The summed E-state index contributed by atoms with van der Waals surface area (Å²) in [5.74, 6) is 0.499. The van der Waals surface area contributed by atoms with Gasteiger partial charge in [0.2, 0.25) is 5.91 Å². The van der Waals surface area contributed by atoms with Gasteiger partial charge >= 0.3 is 0 Å². The molecular formula is C19H23NO3. The van der Waals surface area contributed by atoms with E-state index in [-0.39, 0.29) is 5.91 Å². The highest BCUT2D eigenvalue weighted by molar-refractivity contribution is 5.80. The number of nitrogens with one attached hydrogen (secondary N) is 1. The summed E-state index contributed by atoms with van der Waals surface area (Å²) in [4.78, 5) is 11.6. The Morgan fingerprint density at radius 3 is 2.26 bits per heavy atom. The van der Waals surface area contributed by atoms with Crippen LogP contribution in [0.1, 0.15) is 31.4 Å². The Kier molecular flexibility index (Phi) is 5.77. The molecule has 1 amide bonds. The minimum Gasteiger partial charge on any atom is -0.489 e. The van der Waals surface area contributed by atoms with Crippen LogP contribution in [0, 0.1) is 5.41 Å². The molecule has 2 rings (SSSR count). The highest BCUT2D eigenvalue weighted by Crippen LogP contribution is 2.23. The van der Waals surface area contributed by atoms with Crippen LogP contribution in [0.4, 0.5) is 0 Å². The van der Waals surface area contributed by atoms with Crippen molar-refractivity contribution in [3.8, 4) is 5.75 Å². The molecule has 2 aromatic rings. The minimum atomic E-state index is -0.593.